The maximum atomic E-state index is 11.8. The average molecular weight is 267 g/mol. The van der Waals surface area contributed by atoms with Crippen LogP contribution in [-0.2, 0) is 11.3 Å². The van der Waals surface area contributed by atoms with E-state index in [1.165, 1.54) is 4.88 Å². The highest BCUT2D eigenvalue weighted by Crippen LogP contribution is 2.23. The predicted octanol–water partition coefficient (Wildman–Crippen LogP) is 1.18. The van der Waals surface area contributed by atoms with Gasteiger partial charge in [0.1, 0.15) is 0 Å². The van der Waals surface area contributed by atoms with Crippen molar-refractivity contribution in [1.82, 2.24) is 10.2 Å². The van der Waals surface area contributed by atoms with Crippen LogP contribution in [-0.4, -0.2) is 36.5 Å². The summed E-state index contributed by atoms with van der Waals surface area (Å²) in [6, 6.07) is 4.11. The third-order valence-electron chi connectivity index (χ3n) is 3.72. The Morgan fingerprint density at radius 3 is 3.06 bits per heavy atom. The maximum absolute atomic E-state index is 11.8. The average Bonchev–Trinajstić information content (AvgIpc) is 2.77. The molecule has 1 saturated heterocycles. The van der Waals surface area contributed by atoms with Crippen molar-refractivity contribution in [3.63, 3.8) is 0 Å². The fourth-order valence-electron chi connectivity index (χ4n) is 2.45. The van der Waals surface area contributed by atoms with E-state index in [1.807, 2.05) is 6.07 Å². The molecule has 1 amide bonds. The highest BCUT2D eigenvalue weighted by molar-refractivity contribution is 7.09. The summed E-state index contributed by atoms with van der Waals surface area (Å²) in [5.41, 5.74) is 5.11. The van der Waals surface area contributed by atoms with Gasteiger partial charge in [-0.15, -0.1) is 11.3 Å². The molecular weight excluding hydrogens is 246 g/mol. The van der Waals surface area contributed by atoms with E-state index in [-0.39, 0.29) is 5.91 Å². The van der Waals surface area contributed by atoms with Crippen molar-refractivity contribution >= 4 is 17.2 Å². The van der Waals surface area contributed by atoms with E-state index in [4.69, 9.17) is 5.73 Å². The molecule has 2 rings (SSSR count). The molecule has 5 heteroatoms. The molecule has 1 atom stereocenters. The fourth-order valence-corrected chi connectivity index (χ4v) is 3.09. The fraction of sp³-hybridized carbons (Fsp3) is 0.615. The molecule has 1 unspecified atom stereocenters. The Hall–Kier alpha value is -0.910. The Morgan fingerprint density at radius 2 is 2.39 bits per heavy atom. The van der Waals surface area contributed by atoms with Crippen molar-refractivity contribution in [2.24, 2.45) is 5.73 Å². The van der Waals surface area contributed by atoms with E-state index in [1.54, 1.807) is 11.3 Å². The van der Waals surface area contributed by atoms with Gasteiger partial charge in [0, 0.05) is 18.0 Å². The Bertz CT molecular complexity index is 393. The van der Waals surface area contributed by atoms with E-state index in [2.05, 4.69) is 28.7 Å². The monoisotopic (exact) mass is 267 g/mol. The SMILES string of the molecule is CN1CCCC(NCc2cccs2)(C(N)=O)CC1. The first-order chi connectivity index (χ1) is 8.62. The number of rotatable bonds is 4. The minimum absolute atomic E-state index is 0.214. The zero-order chi connectivity index (χ0) is 13.0. The minimum Gasteiger partial charge on any atom is -0.368 e. The molecule has 0 radical (unpaired) electrons. The van der Waals surface area contributed by atoms with Crippen molar-refractivity contribution in [2.45, 2.75) is 31.3 Å². The van der Waals surface area contributed by atoms with E-state index in [9.17, 15) is 4.79 Å². The van der Waals surface area contributed by atoms with Crippen LogP contribution < -0.4 is 11.1 Å². The predicted molar refractivity (Wildman–Crippen MR) is 74.4 cm³/mol. The second-order valence-electron chi connectivity index (χ2n) is 5.04. The molecule has 0 saturated carbocycles. The molecule has 1 aliphatic heterocycles. The summed E-state index contributed by atoms with van der Waals surface area (Å²) in [5.74, 6) is -0.214. The zero-order valence-corrected chi connectivity index (χ0v) is 11.6. The van der Waals surface area contributed by atoms with Gasteiger partial charge in [0.25, 0.3) is 0 Å². The van der Waals surface area contributed by atoms with Crippen LogP contribution in [0.15, 0.2) is 17.5 Å². The molecule has 3 N–H and O–H groups in total. The van der Waals surface area contributed by atoms with Gasteiger partial charge >= 0.3 is 0 Å². The molecule has 0 bridgehead atoms. The van der Waals surface area contributed by atoms with Crippen molar-refractivity contribution in [1.29, 1.82) is 0 Å². The normalized spacial score (nSPS) is 25.8. The van der Waals surface area contributed by atoms with Crippen LogP contribution in [0, 0.1) is 0 Å². The molecule has 1 aromatic rings. The third-order valence-corrected chi connectivity index (χ3v) is 4.59. The van der Waals surface area contributed by atoms with Crippen LogP contribution in [0.1, 0.15) is 24.1 Å². The number of hydrogen-bond donors (Lipinski definition) is 2. The molecule has 1 fully saturated rings. The Labute approximate surface area is 112 Å². The second-order valence-corrected chi connectivity index (χ2v) is 6.07. The Balaban J connectivity index is 2.04. The molecule has 0 aromatic carbocycles. The number of likely N-dealkylation sites (tertiary alicyclic amines) is 1. The lowest BCUT2D eigenvalue weighted by molar-refractivity contribution is -0.125. The van der Waals surface area contributed by atoms with Crippen LogP contribution >= 0.6 is 11.3 Å². The molecule has 1 aromatic heterocycles. The number of carbonyl (C=O) groups excluding carboxylic acids is 1. The number of carbonyl (C=O) groups is 1. The van der Waals surface area contributed by atoms with E-state index >= 15 is 0 Å². The van der Waals surface area contributed by atoms with E-state index in [0.29, 0.717) is 0 Å². The third kappa shape index (κ3) is 3.10. The second kappa shape index (κ2) is 5.82. The summed E-state index contributed by atoms with van der Waals surface area (Å²) >= 11 is 1.70. The van der Waals surface area contributed by atoms with Gasteiger partial charge in [0.2, 0.25) is 5.91 Å². The first-order valence-corrected chi connectivity index (χ1v) is 7.26. The summed E-state index contributed by atoms with van der Waals surface area (Å²) in [4.78, 5) is 15.3. The number of nitrogens with zero attached hydrogens (tertiary/aromatic N) is 1. The van der Waals surface area contributed by atoms with E-state index in [0.717, 1.165) is 38.9 Å². The van der Waals surface area contributed by atoms with Crippen LogP contribution in [0.4, 0.5) is 0 Å². The number of nitrogens with one attached hydrogen (secondary N) is 1. The lowest BCUT2D eigenvalue weighted by Gasteiger charge is -2.30. The van der Waals surface area contributed by atoms with Gasteiger partial charge in [-0.2, -0.15) is 0 Å². The zero-order valence-electron chi connectivity index (χ0n) is 10.8. The molecular formula is C13H21N3OS. The molecule has 4 nitrogen and oxygen atoms in total. The van der Waals surface area contributed by atoms with Gasteiger partial charge in [-0.3, -0.25) is 10.1 Å². The van der Waals surface area contributed by atoms with Crippen LogP contribution in [0.5, 0.6) is 0 Å². The lowest BCUT2D eigenvalue weighted by atomic mass is 9.89. The molecule has 18 heavy (non-hydrogen) atoms. The van der Waals surface area contributed by atoms with Gasteiger partial charge in [-0.1, -0.05) is 6.07 Å². The quantitative estimate of drug-likeness (QED) is 0.861. The smallest absolute Gasteiger partial charge is 0.237 e. The van der Waals surface area contributed by atoms with Crippen molar-refractivity contribution in [3.8, 4) is 0 Å². The number of primary amides is 1. The molecule has 100 valence electrons. The summed E-state index contributed by atoms with van der Waals surface area (Å²) in [6.45, 7) is 2.68. The summed E-state index contributed by atoms with van der Waals surface area (Å²) in [6.07, 6.45) is 2.64. The summed E-state index contributed by atoms with van der Waals surface area (Å²) in [7, 11) is 2.09. The van der Waals surface area contributed by atoms with Gasteiger partial charge in [-0.25, -0.2) is 0 Å². The van der Waals surface area contributed by atoms with Gasteiger partial charge in [-0.05, 0) is 44.3 Å². The molecule has 2 heterocycles. The number of nitrogens with two attached hydrogens (primary N) is 1. The number of amides is 1. The van der Waals surface area contributed by atoms with Crippen LogP contribution in [0.25, 0.3) is 0 Å². The first-order valence-electron chi connectivity index (χ1n) is 6.38. The van der Waals surface area contributed by atoms with Gasteiger partial charge < -0.3 is 10.6 Å². The van der Waals surface area contributed by atoms with Crippen molar-refractivity contribution in [2.75, 3.05) is 20.1 Å². The molecule has 0 spiro atoms. The largest absolute Gasteiger partial charge is 0.368 e. The summed E-state index contributed by atoms with van der Waals surface area (Å²) in [5, 5.41) is 5.46. The van der Waals surface area contributed by atoms with Gasteiger partial charge in [0.15, 0.2) is 0 Å². The lowest BCUT2D eigenvalue weighted by Crippen LogP contribution is -2.55. The Kier molecular flexibility index (Phi) is 4.37. The minimum atomic E-state index is -0.533. The van der Waals surface area contributed by atoms with Crippen LogP contribution in [0.3, 0.4) is 0 Å². The van der Waals surface area contributed by atoms with Crippen molar-refractivity contribution in [3.05, 3.63) is 22.4 Å². The first kappa shape index (κ1) is 13.5. The maximum Gasteiger partial charge on any atom is 0.237 e. The standard InChI is InChI=1S/C13H21N3OS/c1-16-7-3-5-13(6-8-16,12(14)17)15-10-11-4-2-9-18-11/h2,4,9,15H,3,5-8,10H2,1H3,(H2,14,17). The topological polar surface area (TPSA) is 58.4 Å². The molecule has 0 aliphatic carbocycles. The van der Waals surface area contributed by atoms with Crippen LogP contribution in [0.2, 0.25) is 0 Å². The Morgan fingerprint density at radius 1 is 1.56 bits per heavy atom. The highest BCUT2D eigenvalue weighted by atomic mass is 32.1. The number of thiophene rings is 1. The number of hydrogen-bond acceptors (Lipinski definition) is 4. The summed E-state index contributed by atoms with van der Waals surface area (Å²) < 4.78 is 0. The van der Waals surface area contributed by atoms with E-state index < -0.39 is 5.54 Å². The molecule has 1 aliphatic rings. The van der Waals surface area contributed by atoms with Gasteiger partial charge in [0.05, 0.1) is 5.54 Å². The van der Waals surface area contributed by atoms with Crippen molar-refractivity contribution < 1.29 is 4.79 Å². The highest BCUT2D eigenvalue weighted by Gasteiger charge is 2.37.